The van der Waals surface area contributed by atoms with E-state index >= 15 is 0 Å². The number of aryl methyl sites for hydroxylation is 1. The lowest BCUT2D eigenvalue weighted by atomic mass is 9.96. The second-order valence-corrected chi connectivity index (χ2v) is 6.41. The molecule has 0 aliphatic heterocycles. The van der Waals surface area contributed by atoms with Gasteiger partial charge in [0.1, 0.15) is 0 Å². The van der Waals surface area contributed by atoms with Crippen molar-refractivity contribution < 1.29 is 15.0 Å². The molecule has 2 rings (SSSR count). The predicted molar refractivity (Wildman–Crippen MR) is 88.8 cm³/mol. The molecule has 1 aromatic heterocycles. The van der Waals surface area contributed by atoms with Crippen molar-refractivity contribution in [2.45, 2.75) is 52.5 Å². The fraction of sp³-hybridized carbons (Fsp3) is 0.500. The Morgan fingerprint density at radius 1 is 1.23 bits per heavy atom. The van der Waals surface area contributed by atoms with E-state index in [4.69, 9.17) is 5.11 Å². The molecule has 0 aliphatic carbocycles. The second kappa shape index (κ2) is 6.53. The molecule has 4 nitrogen and oxygen atoms in total. The van der Waals surface area contributed by atoms with E-state index < -0.39 is 5.97 Å². The summed E-state index contributed by atoms with van der Waals surface area (Å²) in [6.45, 7) is 8.39. The highest BCUT2D eigenvalue weighted by Gasteiger charge is 2.19. The van der Waals surface area contributed by atoms with Crippen LogP contribution in [0.25, 0.3) is 10.9 Å². The molecular formula is C18H25NO3. The van der Waals surface area contributed by atoms with E-state index in [1.54, 1.807) is 6.07 Å². The average Bonchev–Trinajstić information content (AvgIpc) is 2.82. The van der Waals surface area contributed by atoms with Gasteiger partial charge in [-0.2, -0.15) is 0 Å². The van der Waals surface area contributed by atoms with Crippen molar-refractivity contribution in [1.29, 1.82) is 0 Å². The van der Waals surface area contributed by atoms with Gasteiger partial charge in [-0.15, -0.1) is 0 Å². The van der Waals surface area contributed by atoms with Gasteiger partial charge in [0, 0.05) is 24.2 Å². The van der Waals surface area contributed by atoms with Crippen LogP contribution in [0.15, 0.2) is 18.3 Å². The zero-order chi connectivity index (χ0) is 16.4. The monoisotopic (exact) mass is 303 g/mol. The fourth-order valence-electron chi connectivity index (χ4n) is 2.85. The first-order valence-corrected chi connectivity index (χ1v) is 7.88. The molecule has 0 saturated carbocycles. The van der Waals surface area contributed by atoms with Gasteiger partial charge in [-0.1, -0.05) is 13.8 Å². The third kappa shape index (κ3) is 3.02. The van der Waals surface area contributed by atoms with E-state index in [1.807, 2.05) is 10.8 Å². The maximum absolute atomic E-state index is 11.7. The van der Waals surface area contributed by atoms with Gasteiger partial charge in [-0.25, -0.2) is 4.79 Å². The van der Waals surface area contributed by atoms with Crippen LogP contribution in [0.3, 0.4) is 0 Å². The van der Waals surface area contributed by atoms with Gasteiger partial charge >= 0.3 is 5.97 Å². The molecule has 22 heavy (non-hydrogen) atoms. The minimum absolute atomic E-state index is 0.143. The summed E-state index contributed by atoms with van der Waals surface area (Å²) in [7, 11) is 0. The number of aliphatic hydroxyl groups is 1. The van der Waals surface area contributed by atoms with Gasteiger partial charge in [-0.3, -0.25) is 0 Å². The van der Waals surface area contributed by atoms with E-state index in [9.17, 15) is 9.90 Å². The quantitative estimate of drug-likeness (QED) is 0.848. The van der Waals surface area contributed by atoms with Crippen molar-refractivity contribution in [1.82, 2.24) is 4.57 Å². The molecule has 1 aromatic carbocycles. The lowest BCUT2D eigenvalue weighted by Crippen LogP contribution is -2.06. The highest BCUT2D eigenvalue weighted by Crippen LogP contribution is 2.32. The van der Waals surface area contributed by atoms with Crippen molar-refractivity contribution >= 4 is 16.9 Å². The molecule has 120 valence electrons. The Hall–Kier alpha value is -1.81. The SMILES string of the molecule is CC(C)c1cc(C(=O)O)c2c(c1)c(CCCO)cn2C(C)C. The van der Waals surface area contributed by atoms with Gasteiger partial charge in [0.2, 0.25) is 0 Å². The Morgan fingerprint density at radius 3 is 2.41 bits per heavy atom. The van der Waals surface area contributed by atoms with Crippen LogP contribution in [0, 0.1) is 0 Å². The minimum atomic E-state index is -0.888. The zero-order valence-corrected chi connectivity index (χ0v) is 13.8. The number of aromatic nitrogens is 1. The van der Waals surface area contributed by atoms with Crippen LogP contribution >= 0.6 is 0 Å². The summed E-state index contributed by atoms with van der Waals surface area (Å²) >= 11 is 0. The summed E-state index contributed by atoms with van der Waals surface area (Å²) in [4.78, 5) is 11.7. The summed E-state index contributed by atoms with van der Waals surface area (Å²) in [6.07, 6.45) is 3.49. The number of hydrogen-bond acceptors (Lipinski definition) is 2. The Bertz CT molecular complexity index is 683. The zero-order valence-electron chi connectivity index (χ0n) is 13.8. The average molecular weight is 303 g/mol. The molecule has 0 aliphatic rings. The first-order valence-electron chi connectivity index (χ1n) is 7.88. The molecule has 2 aromatic rings. The highest BCUT2D eigenvalue weighted by atomic mass is 16.4. The van der Waals surface area contributed by atoms with Gasteiger partial charge in [0.05, 0.1) is 11.1 Å². The molecular weight excluding hydrogens is 278 g/mol. The summed E-state index contributed by atoms with van der Waals surface area (Å²) in [5.74, 6) is -0.614. The topological polar surface area (TPSA) is 62.5 Å². The molecule has 0 saturated heterocycles. The second-order valence-electron chi connectivity index (χ2n) is 6.41. The van der Waals surface area contributed by atoms with Crippen LogP contribution in [0.1, 0.15) is 67.6 Å². The number of nitrogens with zero attached hydrogens (tertiary/aromatic N) is 1. The van der Waals surface area contributed by atoms with Crippen LogP contribution in [-0.2, 0) is 6.42 Å². The molecule has 0 atom stereocenters. The molecule has 0 radical (unpaired) electrons. The summed E-state index contributed by atoms with van der Waals surface area (Å²) in [5, 5.41) is 19.7. The van der Waals surface area contributed by atoms with Crippen molar-refractivity contribution in [3.05, 3.63) is 35.0 Å². The van der Waals surface area contributed by atoms with E-state index in [2.05, 4.69) is 33.8 Å². The summed E-state index contributed by atoms with van der Waals surface area (Å²) < 4.78 is 2.04. The van der Waals surface area contributed by atoms with E-state index in [1.165, 1.54) is 0 Å². The van der Waals surface area contributed by atoms with Crippen molar-refractivity contribution in [3.8, 4) is 0 Å². The number of carbonyl (C=O) groups is 1. The largest absolute Gasteiger partial charge is 0.478 e. The smallest absolute Gasteiger partial charge is 0.337 e. The van der Waals surface area contributed by atoms with Gasteiger partial charge in [0.15, 0.2) is 0 Å². The van der Waals surface area contributed by atoms with Crippen LogP contribution in [0.2, 0.25) is 0 Å². The maximum Gasteiger partial charge on any atom is 0.337 e. The number of hydrogen-bond donors (Lipinski definition) is 2. The Balaban J connectivity index is 2.79. The molecule has 0 amide bonds. The Labute approximate surface area is 131 Å². The van der Waals surface area contributed by atoms with Gasteiger partial charge in [0.25, 0.3) is 0 Å². The van der Waals surface area contributed by atoms with E-state index in [0.717, 1.165) is 28.5 Å². The molecule has 1 heterocycles. The lowest BCUT2D eigenvalue weighted by molar-refractivity contribution is 0.0698. The molecule has 2 N–H and O–H groups in total. The molecule has 4 heteroatoms. The van der Waals surface area contributed by atoms with Crippen LogP contribution in [0.5, 0.6) is 0 Å². The molecule has 0 bridgehead atoms. The number of benzene rings is 1. The highest BCUT2D eigenvalue weighted by molar-refractivity contribution is 6.04. The van der Waals surface area contributed by atoms with Gasteiger partial charge < -0.3 is 14.8 Å². The van der Waals surface area contributed by atoms with E-state index in [-0.39, 0.29) is 18.6 Å². The third-order valence-corrected chi connectivity index (χ3v) is 4.09. The number of rotatable bonds is 6. The summed E-state index contributed by atoms with van der Waals surface area (Å²) in [5.41, 5.74) is 3.31. The van der Waals surface area contributed by atoms with Crippen LogP contribution < -0.4 is 0 Å². The van der Waals surface area contributed by atoms with Crippen LogP contribution in [-0.4, -0.2) is 27.4 Å². The fourth-order valence-corrected chi connectivity index (χ4v) is 2.85. The first kappa shape index (κ1) is 16.6. The molecule has 0 unspecified atom stereocenters. The number of carboxylic acids is 1. The van der Waals surface area contributed by atoms with Crippen molar-refractivity contribution in [3.63, 3.8) is 0 Å². The number of aliphatic hydroxyl groups excluding tert-OH is 1. The van der Waals surface area contributed by atoms with E-state index in [0.29, 0.717) is 12.0 Å². The maximum atomic E-state index is 11.7. The standard InChI is InChI=1S/C18H25NO3/c1-11(2)14-8-15-13(6-5-7-20)10-19(12(3)4)17(15)16(9-14)18(21)22/h8-12,20H,5-7H2,1-4H3,(H,21,22). The molecule has 0 fully saturated rings. The Morgan fingerprint density at radius 2 is 1.91 bits per heavy atom. The number of aromatic carboxylic acids is 1. The lowest BCUT2D eigenvalue weighted by Gasteiger charge is -2.13. The van der Waals surface area contributed by atoms with Gasteiger partial charge in [-0.05, 0) is 55.9 Å². The predicted octanol–water partition coefficient (Wildman–Crippen LogP) is 3.97. The minimum Gasteiger partial charge on any atom is -0.478 e. The number of carboxylic acid groups (broad SMARTS) is 1. The normalized spacial score (nSPS) is 11.8. The Kier molecular flexibility index (Phi) is 4.91. The molecule has 0 spiro atoms. The van der Waals surface area contributed by atoms with Crippen molar-refractivity contribution in [2.24, 2.45) is 0 Å². The van der Waals surface area contributed by atoms with Crippen LogP contribution in [0.4, 0.5) is 0 Å². The summed E-state index contributed by atoms with van der Waals surface area (Å²) in [6, 6.07) is 4.09. The third-order valence-electron chi connectivity index (χ3n) is 4.09. The van der Waals surface area contributed by atoms with Crippen molar-refractivity contribution in [2.75, 3.05) is 6.61 Å². The number of fused-ring (bicyclic) bond motifs is 1. The first-order chi connectivity index (χ1) is 10.4.